The number of anilines is 1. The van der Waals surface area contributed by atoms with Crippen LogP contribution in [0.3, 0.4) is 0 Å². The lowest BCUT2D eigenvalue weighted by Gasteiger charge is -2.34. The van der Waals surface area contributed by atoms with E-state index < -0.39 is 0 Å². The molecular formula is C22H29ClN3O3+. The molecule has 0 spiro atoms. The third-order valence-electron chi connectivity index (χ3n) is 5.34. The Balaban J connectivity index is 1.50. The van der Waals surface area contributed by atoms with Gasteiger partial charge in [-0.25, -0.2) is 0 Å². The molecule has 2 aromatic rings. The van der Waals surface area contributed by atoms with E-state index >= 15 is 0 Å². The molecule has 0 bridgehead atoms. The highest BCUT2D eigenvalue weighted by Crippen LogP contribution is 2.27. The molecule has 0 unspecified atom stereocenters. The van der Waals surface area contributed by atoms with Gasteiger partial charge in [0.15, 0.2) is 18.0 Å². The van der Waals surface area contributed by atoms with Gasteiger partial charge in [-0.3, -0.25) is 4.79 Å². The molecule has 1 fully saturated rings. The minimum atomic E-state index is 0.144. The van der Waals surface area contributed by atoms with E-state index in [9.17, 15) is 4.79 Å². The molecule has 2 aromatic carbocycles. The van der Waals surface area contributed by atoms with Crippen LogP contribution in [0.4, 0.5) is 5.69 Å². The number of quaternary nitrogens is 1. The monoisotopic (exact) mass is 418 g/mol. The van der Waals surface area contributed by atoms with Gasteiger partial charge in [0.1, 0.15) is 0 Å². The predicted molar refractivity (Wildman–Crippen MR) is 115 cm³/mol. The summed E-state index contributed by atoms with van der Waals surface area (Å²) in [5.74, 6) is 1.51. The van der Waals surface area contributed by atoms with E-state index in [1.54, 1.807) is 19.1 Å². The predicted octanol–water partition coefficient (Wildman–Crippen LogP) is 1.72. The molecule has 1 aliphatic rings. The number of ether oxygens (including phenoxy) is 2. The minimum Gasteiger partial charge on any atom is -0.493 e. The number of methoxy groups -OCH3 is 2. The fourth-order valence-corrected chi connectivity index (χ4v) is 3.81. The van der Waals surface area contributed by atoms with E-state index in [2.05, 4.69) is 11.0 Å². The number of likely N-dealkylation sites (N-methyl/N-ethyl adjacent to an activating group) is 1. The lowest BCUT2D eigenvalue weighted by atomic mass is 10.2. The SMILES string of the molecule is COc1ccc(CN(C)C(=O)C[NH+]2CCN(c3cccc(Cl)c3)CC2)cc1OC. The van der Waals surface area contributed by atoms with Crippen LogP contribution in [-0.4, -0.2) is 64.8 Å². The summed E-state index contributed by atoms with van der Waals surface area (Å²) in [6.07, 6.45) is 0. The fourth-order valence-electron chi connectivity index (χ4n) is 3.62. The molecule has 1 amide bonds. The lowest BCUT2D eigenvalue weighted by Crippen LogP contribution is -3.15. The van der Waals surface area contributed by atoms with Crippen molar-refractivity contribution in [3.8, 4) is 11.5 Å². The first-order chi connectivity index (χ1) is 14.0. The number of nitrogens with one attached hydrogen (secondary N) is 1. The van der Waals surface area contributed by atoms with E-state index in [1.165, 1.54) is 4.90 Å². The van der Waals surface area contributed by atoms with Crippen LogP contribution < -0.4 is 19.3 Å². The Hall–Kier alpha value is -2.44. The second-order valence-corrected chi connectivity index (χ2v) is 7.77. The molecule has 156 valence electrons. The number of rotatable bonds is 7. The topological polar surface area (TPSA) is 46.5 Å². The molecule has 1 heterocycles. The van der Waals surface area contributed by atoms with Crippen molar-refractivity contribution in [2.45, 2.75) is 6.54 Å². The van der Waals surface area contributed by atoms with Crippen molar-refractivity contribution < 1.29 is 19.2 Å². The van der Waals surface area contributed by atoms with E-state index in [4.69, 9.17) is 21.1 Å². The molecule has 0 radical (unpaired) electrons. The second kappa shape index (κ2) is 9.85. The van der Waals surface area contributed by atoms with Gasteiger partial charge in [0.25, 0.3) is 5.91 Å². The third kappa shape index (κ3) is 5.55. The van der Waals surface area contributed by atoms with Crippen LogP contribution in [-0.2, 0) is 11.3 Å². The quantitative estimate of drug-likeness (QED) is 0.743. The number of carbonyl (C=O) groups excluding carboxylic acids is 1. The molecule has 1 N–H and O–H groups in total. The summed E-state index contributed by atoms with van der Waals surface area (Å²) in [5.41, 5.74) is 2.16. The van der Waals surface area contributed by atoms with Crippen LogP contribution in [0.5, 0.6) is 11.5 Å². The highest BCUT2D eigenvalue weighted by Gasteiger charge is 2.24. The zero-order valence-electron chi connectivity index (χ0n) is 17.3. The standard InChI is InChI=1S/C22H28ClN3O3/c1-24(15-17-7-8-20(28-2)21(13-17)29-3)22(27)16-25-9-11-26(12-10-25)19-6-4-5-18(23)14-19/h4-8,13-14H,9-12,15-16H2,1-3H3/p+1. The van der Waals surface area contributed by atoms with Crippen molar-refractivity contribution in [1.29, 1.82) is 0 Å². The van der Waals surface area contributed by atoms with Gasteiger partial charge in [0, 0.05) is 24.3 Å². The third-order valence-corrected chi connectivity index (χ3v) is 5.57. The Labute approximate surface area is 177 Å². The van der Waals surface area contributed by atoms with Crippen LogP contribution in [0.15, 0.2) is 42.5 Å². The zero-order chi connectivity index (χ0) is 20.8. The van der Waals surface area contributed by atoms with Crippen LogP contribution in [0, 0.1) is 0 Å². The number of amides is 1. The summed E-state index contributed by atoms with van der Waals surface area (Å²) < 4.78 is 10.6. The smallest absolute Gasteiger partial charge is 0.277 e. The van der Waals surface area contributed by atoms with Crippen LogP contribution in [0.1, 0.15) is 5.56 Å². The van der Waals surface area contributed by atoms with E-state index in [-0.39, 0.29) is 5.91 Å². The first kappa shape index (κ1) is 21.3. The van der Waals surface area contributed by atoms with Gasteiger partial charge >= 0.3 is 0 Å². The summed E-state index contributed by atoms with van der Waals surface area (Å²) in [6.45, 7) is 4.75. The largest absolute Gasteiger partial charge is 0.493 e. The first-order valence-electron chi connectivity index (χ1n) is 9.79. The Morgan fingerprint density at radius 3 is 2.48 bits per heavy atom. The van der Waals surface area contributed by atoms with Gasteiger partial charge in [0.05, 0.1) is 40.4 Å². The number of hydrogen-bond acceptors (Lipinski definition) is 4. The van der Waals surface area contributed by atoms with Crippen molar-refractivity contribution >= 4 is 23.2 Å². The normalized spacial score (nSPS) is 14.6. The molecule has 0 saturated carbocycles. The van der Waals surface area contributed by atoms with Gasteiger partial charge in [-0.1, -0.05) is 23.7 Å². The number of carbonyl (C=O) groups is 1. The van der Waals surface area contributed by atoms with Gasteiger partial charge in [-0.15, -0.1) is 0 Å². The molecule has 1 saturated heterocycles. The van der Waals surface area contributed by atoms with Crippen molar-refractivity contribution in [2.75, 3.05) is 58.9 Å². The maximum atomic E-state index is 12.7. The average Bonchev–Trinajstić information content (AvgIpc) is 2.74. The number of halogens is 1. The van der Waals surface area contributed by atoms with Gasteiger partial charge in [0.2, 0.25) is 0 Å². The molecule has 1 aliphatic heterocycles. The number of benzene rings is 2. The van der Waals surface area contributed by atoms with Gasteiger partial charge in [-0.2, -0.15) is 0 Å². The molecular weight excluding hydrogens is 390 g/mol. The van der Waals surface area contributed by atoms with E-state index in [0.29, 0.717) is 24.6 Å². The second-order valence-electron chi connectivity index (χ2n) is 7.33. The minimum absolute atomic E-state index is 0.144. The lowest BCUT2D eigenvalue weighted by molar-refractivity contribution is -0.892. The van der Waals surface area contributed by atoms with Gasteiger partial charge < -0.3 is 24.2 Å². The Morgan fingerprint density at radius 1 is 1.10 bits per heavy atom. The maximum Gasteiger partial charge on any atom is 0.277 e. The molecule has 3 rings (SSSR count). The van der Waals surface area contributed by atoms with E-state index in [0.717, 1.165) is 42.5 Å². The highest BCUT2D eigenvalue weighted by molar-refractivity contribution is 6.30. The fraction of sp³-hybridized carbons (Fsp3) is 0.409. The van der Waals surface area contributed by atoms with Crippen molar-refractivity contribution in [3.63, 3.8) is 0 Å². The summed E-state index contributed by atoms with van der Waals surface area (Å²) >= 11 is 6.10. The zero-order valence-corrected chi connectivity index (χ0v) is 18.0. The maximum absolute atomic E-state index is 12.7. The van der Waals surface area contributed by atoms with Crippen molar-refractivity contribution in [2.24, 2.45) is 0 Å². The van der Waals surface area contributed by atoms with Crippen LogP contribution in [0.2, 0.25) is 5.02 Å². The number of hydrogen-bond donors (Lipinski definition) is 1. The Bertz CT molecular complexity index is 838. The average molecular weight is 419 g/mol. The highest BCUT2D eigenvalue weighted by atomic mass is 35.5. The number of piperazine rings is 1. The Kier molecular flexibility index (Phi) is 7.23. The molecule has 0 atom stereocenters. The first-order valence-corrected chi connectivity index (χ1v) is 10.2. The summed E-state index contributed by atoms with van der Waals surface area (Å²) in [6, 6.07) is 13.7. The van der Waals surface area contributed by atoms with Crippen molar-refractivity contribution in [3.05, 3.63) is 53.1 Å². The molecule has 0 aliphatic carbocycles. The van der Waals surface area contributed by atoms with E-state index in [1.807, 2.05) is 43.4 Å². The van der Waals surface area contributed by atoms with Crippen LogP contribution >= 0.6 is 11.6 Å². The molecule has 7 heteroatoms. The Morgan fingerprint density at radius 2 is 1.83 bits per heavy atom. The summed E-state index contributed by atoms with van der Waals surface area (Å²) in [7, 11) is 5.08. The molecule has 6 nitrogen and oxygen atoms in total. The van der Waals surface area contributed by atoms with Crippen molar-refractivity contribution in [1.82, 2.24) is 4.90 Å². The molecule has 0 aromatic heterocycles. The van der Waals surface area contributed by atoms with Gasteiger partial charge in [-0.05, 0) is 35.9 Å². The van der Waals surface area contributed by atoms with Crippen LogP contribution in [0.25, 0.3) is 0 Å². The number of nitrogens with zero attached hydrogens (tertiary/aromatic N) is 2. The summed E-state index contributed by atoms with van der Waals surface area (Å²) in [5, 5.41) is 0.754. The summed E-state index contributed by atoms with van der Waals surface area (Å²) in [4.78, 5) is 18.1. The molecule has 29 heavy (non-hydrogen) atoms.